The molecule has 0 unspecified atom stereocenters. The Bertz CT molecular complexity index is 1160. The third-order valence-corrected chi connectivity index (χ3v) is 4.66. The van der Waals surface area contributed by atoms with Crippen molar-refractivity contribution in [3.8, 4) is 6.07 Å². The zero-order chi connectivity index (χ0) is 20.1. The molecule has 142 valence electrons. The van der Waals surface area contributed by atoms with Gasteiger partial charge in [0.2, 0.25) is 10.9 Å². The first kappa shape index (κ1) is 19.6. The van der Waals surface area contributed by atoms with E-state index in [1.54, 1.807) is 30.3 Å². The molecule has 0 aliphatic heterocycles. The van der Waals surface area contributed by atoms with E-state index in [2.05, 4.69) is 9.71 Å². The van der Waals surface area contributed by atoms with Crippen LogP contribution in [0.1, 0.15) is 33.5 Å². The molecule has 3 aromatic rings. The van der Waals surface area contributed by atoms with Gasteiger partial charge < -0.3 is 0 Å². The highest BCUT2D eigenvalue weighted by molar-refractivity contribution is 7.70. The van der Waals surface area contributed by atoms with Crippen molar-refractivity contribution in [3.63, 3.8) is 0 Å². The molecule has 2 aromatic carbocycles. The number of aromatic nitrogens is 1. The number of hydrogen-bond donors (Lipinski definition) is 2. The van der Waals surface area contributed by atoms with Gasteiger partial charge in [0, 0.05) is 29.3 Å². The molecule has 0 atom stereocenters. The summed E-state index contributed by atoms with van der Waals surface area (Å²) in [6.07, 6.45) is 2.38. The fraction of sp³-hybridized carbons (Fsp3) is 0.150. The highest BCUT2D eigenvalue weighted by Gasteiger charge is 2.13. The van der Waals surface area contributed by atoms with Crippen LogP contribution in [0.15, 0.2) is 48.7 Å². The van der Waals surface area contributed by atoms with Crippen LogP contribution in [0.3, 0.4) is 0 Å². The maximum Gasteiger partial charge on any atom is 0.201 e. The number of carbonyl (C=O) groups is 1. The van der Waals surface area contributed by atoms with Crippen molar-refractivity contribution in [2.45, 2.75) is 12.8 Å². The van der Waals surface area contributed by atoms with Crippen LogP contribution >= 0.6 is 0 Å². The molecule has 0 aliphatic carbocycles. The lowest BCUT2D eigenvalue weighted by molar-refractivity contribution is 0.103. The number of aryl methyl sites for hydroxylation is 1. The fourth-order valence-electron chi connectivity index (χ4n) is 2.89. The Morgan fingerprint density at radius 3 is 2.71 bits per heavy atom. The standard InChI is InChI=1S/C20H16FN3O3S/c21-18-8-13(2-1-5-24-28(26)27)6-17(10-18)20(25)15-3-4-19-16(9-15)7-14(11-22)12-23-19/h3-4,6-10,12,28H,1-2,5H2,(H,24,26,27). The quantitative estimate of drug-likeness (QED) is 0.363. The summed E-state index contributed by atoms with van der Waals surface area (Å²) in [5.41, 5.74) is 2.23. The summed E-state index contributed by atoms with van der Waals surface area (Å²) in [5, 5.41) is 9.65. The van der Waals surface area contributed by atoms with Crippen LogP contribution in [-0.4, -0.2) is 25.7 Å². The van der Waals surface area contributed by atoms with E-state index < -0.39 is 16.7 Å². The number of nitrogens with zero attached hydrogens (tertiary/aromatic N) is 2. The van der Waals surface area contributed by atoms with Gasteiger partial charge >= 0.3 is 0 Å². The summed E-state index contributed by atoms with van der Waals surface area (Å²) < 4.78 is 37.3. The van der Waals surface area contributed by atoms with E-state index in [1.165, 1.54) is 18.3 Å². The normalized spacial score (nSPS) is 10.9. The van der Waals surface area contributed by atoms with Gasteiger partial charge in [-0.3, -0.25) is 9.78 Å². The highest BCUT2D eigenvalue weighted by atomic mass is 32.2. The predicted molar refractivity (Wildman–Crippen MR) is 103 cm³/mol. The first-order valence-corrected chi connectivity index (χ1v) is 9.66. The maximum absolute atomic E-state index is 14.0. The monoisotopic (exact) mass is 397 g/mol. The van der Waals surface area contributed by atoms with Crippen molar-refractivity contribution in [3.05, 3.63) is 76.7 Å². The minimum atomic E-state index is -2.66. The molecule has 3 rings (SSSR count). The number of nitriles is 1. The molecule has 0 radical (unpaired) electrons. The van der Waals surface area contributed by atoms with Crippen molar-refractivity contribution in [1.29, 1.82) is 5.26 Å². The van der Waals surface area contributed by atoms with Crippen molar-refractivity contribution >= 4 is 27.6 Å². The summed E-state index contributed by atoms with van der Waals surface area (Å²) in [7, 11) is -2.66. The Morgan fingerprint density at radius 2 is 1.96 bits per heavy atom. The second kappa shape index (κ2) is 8.69. The van der Waals surface area contributed by atoms with Gasteiger partial charge in [-0.15, -0.1) is 0 Å². The third kappa shape index (κ3) is 4.76. The van der Waals surface area contributed by atoms with Crippen LogP contribution < -0.4 is 4.72 Å². The van der Waals surface area contributed by atoms with Crippen molar-refractivity contribution in [1.82, 2.24) is 9.71 Å². The molecular formula is C20H16FN3O3S. The van der Waals surface area contributed by atoms with Gasteiger partial charge in [-0.25, -0.2) is 17.5 Å². The first-order valence-electron chi connectivity index (χ1n) is 8.48. The Morgan fingerprint density at radius 1 is 1.14 bits per heavy atom. The van der Waals surface area contributed by atoms with Crippen molar-refractivity contribution < 1.29 is 17.6 Å². The molecule has 0 fully saturated rings. The summed E-state index contributed by atoms with van der Waals surface area (Å²) in [4.78, 5) is 17.0. The number of benzene rings is 2. The minimum absolute atomic E-state index is 0.210. The molecule has 0 saturated heterocycles. The molecule has 0 bridgehead atoms. The SMILES string of the molecule is N#Cc1cnc2ccc(C(=O)c3cc(F)cc(CCCN[SH](=O)=O)c3)cc2c1. The molecule has 6 nitrogen and oxygen atoms in total. The number of nitrogens with one attached hydrogen (secondary N) is 1. The molecule has 0 amide bonds. The summed E-state index contributed by atoms with van der Waals surface area (Å²) in [5.74, 6) is -0.872. The van der Waals surface area contributed by atoms with E-state index in [4.69, 9.17) is 5.26 Å². The molecule has 0 aliphatic rings. The average Bonchev–Trinajstić information content (AvgIpc) is 2.69. The predicted octanol–water partition coefficient (Wildman–Crippen LogP) is 2.53. The number of thiol groups is 1. The molecule has 0 saturated carbocycles. The van der Waals surface area contributed by atoms with Crippen LogP contribution in [0.2, 0.25) is 0 Å². The number of pyridine rings is 1. The van der Waals surface area contributed by atoms with Crippen LogP contribution in [0.4, 0.5) is 4.39 Å². The molecule has 28 heavy (non-hydrogen) atoms. The first-order chi connectivity index (χ1) is 13.5. The van der Waals surface area contributed by atoms with Gasteiger partial charge in [-0.2, -0.15) is 5.26 Å². The molecule has 0 spiro atoms. The van der Waals surface area contributed by atoms with E-state index in [0.717, 1.165) is 0 Å². The molecule has 1 heterocycles. The lowest BCUT2D eigenvalue weighted by Gasteiger charge is -2.07. The lowest BCUT2D eigenvalue weighted by Crippen LogP contribution is -2.13. The topological polar surface area (TPSA) is 99.9 Å². The number of ketones is 1. The van der Waals surface area contributed by atoms with Crippen LogP contribution in [0.25, 0.3) is 10.9 Å². The number of carbonyl (C=O) groups excluding carboxylic acids is 1. The van der Waals surface area contributed by atoms with Crippen LogP contribution in [0.5, 0.6) is 0 Å². The summed E-state index contributed by atoms with van der Waals surface area (Å²) in [6.45, 7) is 0.247. The summed E-state index contributed by atoms with van der Waals surface area (Å²) in [6, 6.07) is 12.7. The summed E-state index contributed by atoms with van der Waals surface area (Å²) >= 11 is 0. The molecule has 1 N–H and O–H groups in total. The second-order valence-corrected chi connectivity index (χ2v) is 7.02. The molecule has 8 heteroatoms. The zero-order valence-corrected chi connectivity index (χ0v) is 15.6. The third-order valence-electron chi connectivity index (χ3n) is 4.18. The van der Waals surface area contributed by atoms with Gasteiger partial charge in [-0.1, -0.05) is 0 Å². The van der Waals surface area contributed by atoms with E-state index >= 15 is 0 Å². The number of hydrogen-bond acceptors (Lipinski definition) is 5. The van der Waals surface area contributed by atoms with E-state index in [9.17, 15) is 17.6 Å². The second-order valence-electron chi connectivity index (χ2n) is 6.19. The minimum Gasteiger partial charge on any atom is -0.289 e. The Labute approximate surface area is 162 Å². The van der Waals surface area contributed by atoms with Crippen molar-refractivity contribution in [2.75, 3.05) is 6.54 Å². The van der Waals surface area contributed by atoms with Crippen LogP contribution in [0, 0.1) is 17.1 Å². The largest absolute Gasteiger partial charge is 0.289 e. The molecular weight excluding hydrogens is 381 g/mol. The molecule has 1 aromatic heterocycles. The van der Waals surface area contributed by atoms with E-state index in [1.807, 2.05) is 6.07 Å². The van der Waals surface area contributed by atoms with E-state index in [0.29, 0.717) is 40.4 Å². The van der Waals surface area contributed by atoms with Gasteiger partial charge in [0.1, 0.15) is 11.9 Å². The van der Waals surface area contributed by atoms with Gasteiger partial charge in [0.15, 0.2) is 5.78 Å². The van der Waals surface area contributed by atoms with E-state index in [-0.39, 0.29) is 17.9 Å². The Hall–Kier alpha value is -3.15. The Kier molecular flexibility index (Phi) is 6.09. The lowest BCUT2D eigenvalue weighted by atomic mass is 9.98. The Balaban J connectivity index is 1.85. The number of halogens is 1. The van der Waals surface area contributed by atoms with Crippen LogP contribution in [-0.2, 0) is 17.3 Å². The maximum atomic E-state index is 14.0. The average molecular weight is 397 g/mol. The smallest absolute Gasteiger partial charge is 0.201 e. The van der Waals surface area contributed by atoms with Crippen molar-refractivity contribution in [2.24, 2.45) is 0 Å². The van der Waals surface area contributed by atoms with Gasteiger partial charge in [0.05, 0.1) is 11.1 Å². The number of rotatable bonds is 7. The zero-order valence-electron chi connectivity index (χ0n) is 14.7. The number of fused-ring (bicyclic) bond motifs is 1. The highest BCUT2D eigenvalue weighted by Crippen LogP contribution is 2.20. The van der Waals surface area contributed by atoms with Gasteiger partial charge in [0.25, 0.3) is 0 Å². The van der Waals surface area contributed by atoms with Gasteiger partial charge in [-0.05, 0) is 60.9 Å². The fourth-order valence-corrected chi connectivity index (χ4v) is 3.23.